The maximum Gasteiger partial charge on any atom is 0.373 e. The highest BCUT2D eigenvalue weighted by molar-refractivity contribution is 5.90. The van der Waals surface area contributed by atoms with Crippen molar-refractivity contribution in [3.8, 4) is 0 Å². The largest absolute Gasteiger partial charge is 0.381 e. The Kier molecular flexibility index (Phi) is 5.12. The molecule has 93 valence electrons. The summed E-state index contributed by atoms with van der Waals surface area (Å²) in [7, 11) is 1.54. The summed E-state index contributed by atoms with van der Waals surface area (Å²) in [6.07, 6.45) is 0.492. The summed E-state index contributed by atoms with van der Waals surface area (Å²) in [6.45, 7) is 5.78. The summed E-state index contributed by atoms with van der Waals surface area (Å²) >= 11 is 0. The summed E-state index contributed by atoms with van der Waals surface area (Å²) in [5, 5.41) is 0. The normalized spacial score (nSPS) is 10.6. The number of benzene rings is 1. The first-order valence-corrected chi connectivity index (χ1v) is 5.32. The maximum atomic E-state index is 11.7. The molecule has 1 aromatic carbocycles. The minimum absolute atomic E-state index is 0.292. The van der Waals surface area contributed by atoms with E-state index in [0.29, 0.717) is 18.3 Å². The van der Waals surface area contributed by atoms with Gasteiger partial charge in [0.25, 0.3) is 0 Å². The lowest BCUT2D eigenvalue weighted by Crippen LogP contribution is -2.13. The molecule has 0 amide bonds. The smallest absolute Gasteiger partial charge is 0.373 e. The van der Waals surface area contributed by atoms with Crippen LogP contribution in [0.3, 0.4) is 0 Å². The molecule has 4 heteroatoms. The van der Waals surface area contributed by atoms with Crippen molar-refractivity contribution in [2.75, 3.05) is 13.7 Å². The molecule has 1 aromatic rings. The van der Waals surface area contributed by atoms with Gasteiger partial charge in [-0.05, 0) is 38.0 Å². The fourth-order valence-electron chi connectivity index (χ4n) is 1.35. The third-order valence-electron chi connectivity index (χ3n) is 2.43. The van der Waals surface area contributed by atoms with Gasteiger partial charge in [0.1, 0.15) is 0 Å². The average molecular weight is 237 g/mol. The Morgan fingerprint density at radius 3 is 2.59 bits per heavy atom. The third kappa shape index (κ3) is 3.84. The molecule has 0 aromatic heterocycles. The van der Waals surface area contributed by atoms with Crippen LogP contribution in [-0.4, -0.2) is 19.7 Å². The molecule has 0 aliphatic carbocycles. The van der Waals surface area contributed by atoms with Crippen molar-refractivity contribution in [2.24, 2.45) is 0 Å². The number of ether oxygens (including phenoxy) is 1. The second-order valence-electron chi connectivity index (χ2n) is 3.84. The monoisotopic (exact) mass is 237 g/mol. The predicted molar refractivity (Wildman–Crippen MR) is 63.2 cm³/mol. The Bertz CT molecular complexity index is 387. The van der Waals surface area contributed by atoms with E-state index in [-0.39, 0.29) is 0 Å². The molecule has 0 fully saturated rings. The molecule has 17 heavy (non-hydrogen) atoms. The second kappa shape index (κ2) is 6.37. The zero-order valence-electron chi connectivity index (χ0n) is 10.6. The van der Waals surface area contributed by atoms with Crippen LogP contribution in [0.25, 0.3) is 0 Å². The molecule has 0 aliphatic heterocycles. The highest BCUT2D eigenvalue weighted by atomic mass is 17.2. The van der Waals surface area contributed by atoms with E-state index < -0.39 is 5.97 Å². The summed E-state index contributed by atoms with van der Waals surface area (Å²) in [6, 6.07) is 5.46. The van der Waals surface area contributed by atoms with Crippen molar-refractivity contribution in [2.45, 2.75) is 20.8 Å². The number of aryl methyl sites for hydroxylation is 1. The molecule has 1 rings (SSSR count). The second-order valence-corrected chi connectivity index (χ2v) is 3.84. The SMILES string of the molecule is COC[C](C)OOC(=O)c1cccc(C)c1C. The summed E-state index contributed by atoms with van der Waals surface area (Å²) in [4.78, 5) is 21.3. The van der Waals surface area contributed by atoms with E-state index in [0.717, 1.165) is 11.1 Å². The molecule has 0 heterocycles. The quantitative estimate of drug-likeness (QED) is 0.583. The fourth-order valence-corrected chi connectivity index (χ4v) is 1.35. The van der Waals surface area contributed by atoms with Gasteiger partial charge in [0.2, 0.25) is 0 Å². The van der Waals surface area contributed by atoms with Crippen molar-refractivity contribution in [3.63, 3.8) is 0 Å². The Morgan fingerprint density at radius 2 is 1.94 bits per heavy atom. The number of hydrogen-bond donors (Lipinski definition) is 0. The third-order valence-corrected chi connectivity index (χ3v) is 2.43. The van der Waals surface area contributed by atoms with Gasteiger partial charge in [-0.2, -0.15) is 4.89 Å². The highest BCUT2D eigenvalue weighted by Crippen LogP contribution is 2.14. The van der Waals surface area contributed by atoms with E-state index in [1.54, 1.807) is 20.1 Å². The fraction of sp³-hybridized carbons (Fsp3) is 0.385. The molecule has 0 bridgehead atoms. The molecule has 0 aliphatic rings. The van der Waals surface area contributed by atoms with Gasteiger partial charge in [-0.15, -0.1) is 0 Å². The van der Waals surface area contributed by atoms with Crippen LogP contribution in [0.1, 0.15) is 28.4 Å². The first kappa shape index (κ1) is 13.7. The molecule has 0 spiro atoms. The zero-order valence-corrected chi connectivity index (χ0v) is 10.6. The van der Waals surface area contributed by atoms with Crippen LogP contribution in [0.15, 0.2) is 18.2 Å². The van der Waals surface area contributed by atoms with E-state index in [1.165, 1.54) is 0 Å². The predicted octanol–water partition coefficient (Wildman–Crippen LogP) is 2.59. The van der Waals surface area contributed by atoms with Crippen molar-refractivity contribution < 1.29 is 19.3 Å². The first-order chi connectivity index (χ1) is 8.06. The van der Waals surface area contributed by atoms with E-state index in [4.69, 9.17) is 14.5 Å². The number of carbonyl (C=O) groups excluding carboxylic acids is 1. The van der Waals surface area contributed by atoms with E-state index in [1.807, 2.05) is 26.0 Å². The molecule has 0 atom stereocenters. The molecule has 0 saturated carbocycles. The topological polar surface area (TPSA) is 44.8 Å². The van der Waals surface area contributed by atoms with Crippen LogP contribution < -0.4 is 0 Å². The Hall–Kier alpha value is -1.39. The molecule has 0 N–H and O–H groups in total. The lowest BCUT2D eigenvalue weighted by molar-refractivity contribution is -0.237. The van der Waals surface area contributed by atoms with Gasteiger partial charge in [-0.3, -0.25) is 4.89 Å². The van der Waals surface area contributed by atoms with Gasteiger partial charge in [-0.25, -0.2) is 4.79 Å². The van der Waals surface area contributed by atoms with E-state index in [9.17, 15) is 4.79 Å². The van der Waals surface area contributed by atoms with Crippen LogP contribution in [0, 0.1) is 20.0 Å². The van der Waals surface area contributed by atoms with Crippen molar-refractivity contribution >= 4 is 5.97 Å². The molecular formula is C13H17O4. The zero-order chi connectivity index (χ0) is 12.8. The average Bonchev–Trinajstić information content (AvgIpc) is 2.30. The van der Waals surface area contributed by atoms with Crippen LogP contribution in [0.2, 0.25) is 0 Å². The molecule has 0 saturated heterocycles. The summed E-state index contributed by atoms with van der Waals surface area (Å²) < 4.78 is 4.83. The van der Waals surface area contributed by atoms with Gasteiger partial charge >= 0.3 is 5.97 Å². The maximum absolute atomic E-state index is 11.7. The van der Waals surface area contributed by atoms with Crippen molar-refractivity contribution in [1.82, 2.24) is 0 Å². The Morgan fingerprint density at radius 1 is 1.24 bits per heavy atom. The van der Waals surface area contributed by atoms with Crippen LogP contribution in [0.5, 0.6) is 0 Å². The summed E-state index contributed by atoms with van der Waals surface area (Å²) in [5.74, 6) is -0.498. The standard InChI is InChI=1S/C13H17O4/c1-9-6-5-7-12(11(9)3)13(14)17-16-10(2)8-15-4/h5-7H,8H2,1-4H3. The van der Waals surface area contributed by atoms with Gasteiger partial charge in [0.15, 0.2) is 6.10 Å². The van der Waals surface area contributed by atoms with E-state index in [2.05, 4.69) is 0 Å². The molecule has 4 nitrogen and oxygen atoms in total. The Labute approximate surface area is 101 Å². The van der Waals surface area contributed by atoms with Crippen LogP contribution in [0.4, 0.5) is 0 Å². The number of carbonyl (C=O) groups is 1. The lowest BCUT2D eigenvalue weighted by atomic mass is 10.0. The summed E-state index contributed by atoms with van der Waals surface area (Å²) in [5.41, 5.74) is 2.44. The van der Waals surface area contributed by atoms with E-state index >= 15 is 0 Å². The van der Waals surface area contributed by atoms with Crippen LogP contribution in [-0.2, 0) is 14.5 Å². The number of rotatable bonds is 5. The van der Waals surface area contributed by atoms with Crippen molar-refractivity contribution in [1.29, 1.82) is 0 Å². The molecular weight excluding hydrogens is 220 g/mol. The Balaban J connectivity index is 2.61. The lowest BCUT2D eigenvalue weighted by Gasteiger charge is -2.10. The highest BCUT2D eigenvalue weighted by Gasteiger charge is 2.14. The number of methoxy groups -OCH3 is 1. The molecule has 1 radical (unpaired) electrons. The minimum atomic E-state index is -0.498. The van der Waals surface area contributed by atoms with Crippen LogP contribution >= 0.6 is 0 Å². The van der Waals surface area contributed by atoms with Gasteiger partial charge in [0.05, 0.1) is 12.2 Å². The van der Waals surface area contributed by atoms with Gasteiger partial charge in [0, 0.05) is 7.11 Å². The minimum Gasteiger partial charge on any atom is -0.381 e. The van der Waals surface area contributed by atoms with Gasteiger partial charge < -0.3 is 4.74 Å². The number of hydrogen-bond acceptors (Lipinski definition) is 4. The van der Waals surface area contributed by atoms with Gasteiger partial charge in [-0.1, -0.05) is 12.1 Å². The first-order valence-electron chi connectivity index (χ1n) is 5.32. The van der Waals surface area contributed by atoms with Crippen molar-refractivity contribution in [3.05, 3.63) is 41.0 Å². The molecule has 0 unspecified atom stereocenters.